The second-order valence-electron chi connectivity index (χ2n) is 42.1. The number of carbonyl (C=O) groups is 2. The summed E-state index contributed by atoms with van der Waals surface area (Å²) in [6.45, 7) is 21.5. The van der Waals surface area contributed by atoms with Gasteiger partial charge in [-0.25, -0.2) is 8.78 Å². The highest BCUT2D eigenvalue weighted by Gasteiger charge is 2.36. The third-order valence-electron chi connectivity index (χ3n) is 29.5. The second kappa shape index (κ2) is 69.9. The molecule has 0 heterocycles. The lowest BCUT2D eigenvalue weighted by Gasteiger charge is -2.30. The van der Waals surface area contributed by atoms with E-state index in [9.17, 15) is 74.5 Å². The standard InChI is InChI=1S/2C19H28O4.C17H24F2O2.4C17H26O3/c2*1-3-7-18(21)15-9-6-10-17(12-15)22-13-16-8-4-5-11-19(16)23-14(2)20;1-2-4-16(20)14-5-3-6-15(11-14)21-12-13-7-9-17(18,19)10-8-13;2*1-2-6-16(18)13-8-5-9-15(11-13)20-12-14-7-3-4-10-17(14)19;2*1-2-4-17(19)14-5-3-6-16(11-14)20-12-13-7-9-15(18)10-8-13/h2*6,9-10,12,16,18-19,21H,3-5,7-8,11,13H2,1-2H3;3,5-6,11,13,16,20H,2,4,7-10,12H2,1H3;2*5,8-9,11,14,16-19H,2-4,6-7,10,12H2,1H3;2*3,5-6,11,13,15,17-19H,2,4,7-10,12H2,1H3/t16-,18+,19+;16-,18-,19-;;14-,16+,17+;14-,16-,17-;2*13?,15?,17-/m01.0111/s1. The van der Waals surface area contributed by atoms with Crippen molar-refractivity contribution in [2.24, 2.45) is 41.4 Å². The monoisotopic (exact) mass is 2050 g/mol. The molecule has 0 bridgehead atoms. The number of aliphatic hydroxyl groups is 11. The number of ether oxygens (including phenoxy) is 9. The molecule has 24 heteroatoms. The van der Waals surface area contributed by atoms with Crippen LogP contribution in [0.25, 0.3) is 0 Å². The van der Waals surface area contributed by atoms with Crippen LogP contribution in [0.15, 0.2) is 170 Å². The summed E-state index contributed by atoms with van der Waals surface area (Å²) in [5.74, 6) is 4.85. The Morgan fingerprint density at radius 3 is 0.687 bits per heavy atom. The number of benzene rings is 7. The summed E-state index contributed by atoms with van der Waals surface area (Å²) < 4.78 is 77.9. The molecule has 147 heavy (non-hydrogen) atoms. The van der Waals surface area contributed by atoms with Gasteiger partial charge in [-0.05, 0) is 315 Å². The SMILES string of the molecule is CCCC(O)c1cccc(OCC2CCC(F)(F)CC2)c1.CCC[C@@H](O)c1cccc(OCC2CCC(O)CC2)c1.CCC[C@@H](O)c1cccc(OCC2CCC(O)CC2)c1.CCC[C@@H](O)c1cccc(OC[C@@H]2CCCC[C@H]2O)c1.CCC[C@@H](O)c1cccc(OC[C@@H]2CCCC[C@H]2OC(C)=O)c1.CCC[C@@H](O)c1cccc(OC[C@H]2CCCC[C@H]2O)c1.CCC[C@@H](O)c1cccc(OC[C@H]2CCCC[C@H]2OC(C)=O)c1. The fraction of sp³-hybridized carbons (Fsp3) is 0.642. The maximum Gasteiger partial charge on any atom is 0.302 e. The van der Waals surface area contributed by atoms with E-state index in [1.165, 1.54) is 26.7 Å². The van der Waals surface area contributed by atoms with E-state index in [0.717, 1.165) is 305 Å². The summed E-state index contributed by atoms with van der Waals surface area (Å²) in [5.41, 5.74) is 6.33. The number of rotatable bonds is 44. The average Bonchev–Trinajstić information content (AvgIpc) is 0.859. The molecule has 822 valence electrons. The van der Waals surface area contributed by atoms with Gasteiger partial charge < -0.3 is 98.8 Å². The van der Waals surface area contributed by atoms with E-state index < -0.39 is 48.7 Å². The van der Waals surface area contributed by atoms with Gasteiger partial charge in [0.15, 0.2) is 0 Å². The average molecular weight is 2050 g/mol. The highest BCUT2D eigenvalue weighted by atomic mass is 19.3. The summed E-state index contributed by atoms with van der Waals surface area (Å²) in [7, 11) is 0. The molecule has 22 nitrogen and oxygen atoms in total. The molecular weight excluding hydrogens is 1870 g/mol. The van der Waals surface area contributed by atoms with E-state index in [1.807, 2.05) is 177 Å². The summed E-state index contributed by atoms with van der Waals surface area (Å²) in [6.07, 6.45) is 33.9. The summed E-state index contributed by atoms with van der Waals surface area (Å²) in [5, 5.41) is 109. The zero-order valence-electron chi connectivity index (χ0n) is 90.0. The van der Waals surface area contributed by atoms with Gasteiger partial charge in [0.05, 0.1) is 113 Å². The first-order valence-electron chi connectivity index (χ1n) is 56.3. The van der Waals surface area contributed by atoms with Gasteiger partial charge in [0.1, 0.15) is 52.5 Å². The van der Waals surface area contributed by atoms with E-state index in [4.69, 9.17) is 42.6 Å². The van der Waals surface area contributed by atoms with Gasteiger partial charge in [0.25, 0.3) is 0 Å². The highest BCUT2D eigenvalue weighted by molar-refractivity contribution is 5.66. The molecule has 0 radical (unpaired) electrons. The molecule has 7 aromatic carbocycles. The first kappa shape index (κ1) is 124. The van der Waals surface area contributed by atoms with Crippen molar-refractivity contribution >= 4 is 11.9 Å². The van der Waals surface area contributed by atoms with Crippen LogP contribution >= 0.6 is 0 Å². The van der Waals surface area contributed by atoms with Gasteiger partial charge >= 0.3 is 11.9 Å². The van der Waals surface area contributed by atoms with Crippen molar-refractivity contribution in [3.63, 3.8) is 0 Å². The van der Waals surface area contributed by atoms with Crippen LogP contribution in [0.1, 0.15) is 414 Å². The first-order valence-corrected chi connectivity index (χ1v) is 56.3. The molecular formula is C123H184F2O22. The Balaban J connectivity index is 0.000000209. The van der Waals surface area contributed by atoms with Crippen LogP contribution in [0.5, 0.6) is 40.2 Å². The van der Waals surface area contributed by atoms with Crippen LogP contribution < -0.4 is 33.2 Å². The Morgan fingerprint density at radius 2 is 0.469 bits per heavy atom. The van der Waals surface area contributed by atoms with Crippen LogP contribution in [0.3, 0.4) is 0 Å². The predicted molar refractivity (Wildman–Crippen MR) is 576 cm³/mol. The maximum atomic E-state index is 13.1. The van der Waals surface area contributed by atoms with E-state index in [1.54, 1.807) is 0 Å². The lowest BCUT2D eigenvalue weighted by atomic mass is 9.87. The van der Waals surface area contributed by atoms with Gasteiger partial charge in [0.2, 0.25) is 5.92 Å². The van der Waals surface area contributed by atoms with Crippen molar-refractivity contribution in [3.8, 4) is 40.2 Å². The van der Waals surface area contributed by atoms with E-state index in [-0.39, 0.29) is 91.0 Å². The lowest BCUT2D eigenvalue weighted by molar-refractivity contribution is -0.152. The third-order valence-corrected chi connectivity index (χ3v) is 29.5. The Kier molecular flexibility index (Phi) is 58.8. The largest absolute Gasteiger partial charge is 0.493 e. The lowest BCUT2D eigenvalue weighted by Crippen LogP contribution is -2.33. The van der Waals surface area contributed by atoms with Crippen LogP contribution in [0.2, 0.25) is 0 Å². The van der Waals surface area contributed by atoms with Crippen LogP contribution in [-0.2, 0) is 19.1 Å². The van der Waals surface area contributed by atoms with E-state index in [2.05, 4.69) is 41.5 Å². The van der Waals surface area contributed by atoms with Crippen molar-refractivity contribution in [1.82, 2.24) is 0 Å². The molecule has 0 saturated heterocycles. The normalized spacial score (nSPS) is 23.1. The van der Waals surface area contributed by atoms with Gasteiger partial charge in [-0.3, -0.25) is 9.59 Å². The molecule has 0 aliphatic heterocycles. The Hall–Kier alpha value is -8.50. The smallest absolute Gasteiger partial charge is 0.302 e. The van der Waals surface area contributed by atoms with Crippen LogP contribution in [-0.4, -0.2) is 157 Å². The molecule has 0 aromatic heterocycles. The molecule has 1 unspecified atom stereocenters. The fourth-order valence-corrected chi connectivity index (χ4v) is 20.3. The number of esters is 2. The molecule has 15 atom stereocenters. The number of alkyl halides is 2. The summed E-state index contributed by atoms with van der Waals surface area (Å²) in [6, 6.07) is 53.6. The number of halogens is 2. The van der Waals surface area contributed by atoms with Crippen LogP contribution in [0, 0.1) is 41.4 Å². The van der Waals surface area contributed by atoms with Crippen molar-refractivity contribution in [2.45, 2.75) is 417 Å². The van der Waals surface area contributed by atoms with Crippen molar-refractivity contribution in [3.05, 3.63) is 209 Å². The van der Waals surface area contributed by atoms with E-state index >= 15 is 0 Å². The fourth-order valence-electron chi connectivity index (χ4n) is 20.3. The van der Waals surface area contributed by atoms with Crippen molar-refractivity contribution < 1.29 is 117 Å². The van der Waals surface area contributed by atoms with E-state index in [0.29, 0.717) is 76.7 Å². The number of hydrogen-bond acceptors (Lipinski definition) is 22. The molecule has 11 N–H and O–H groups in total. The molecule has 0 amide bonds. The highest BCUT2D eigenvalue weighted by Crippen LogP contribution is 2.40. The number of aliphatic hydroxyl groups excluding tert-OH is 11. The number of hydrogen-bond donors (Lipinski definition) is 11. The van der Waals surface area contributed by atoms with Gasteiger partial charge in [-0.1, -0.05) is 217 Å². The first-order chi connectivity index (χ1) is 71.0. The van der Waals surface area contributed by atoms with Crippen molar-refractivity contribution in [1.29, 1.82) is 0 Å². The quantitative estimate of drug-likeness (QED) is 0.0158. The zero-order chi connectivity index (χ0) is 106. The third kappa shape index (κ3) is 47.9. The zero-order valence-corrected chi connectivity index (χ0v) is 90.0. The minimum absolute atomic E-state index is 0.0315. The second-order valence-corrected chi connectivity index (χ2v) is 42.1. The topological polar surface area (TPSA) is 340 Å². The maximum absolute atomic E-state index is 13.1. The molecule has 7 saturated carbocycles. The Bertz CT molecular complexity index is 4420. The minimum Gasteiger partial charge on any atom is -0.493 e. The molecule has 0 spiro atoms. The molecule has 7 aliphatic carbocycles. The van der Waals surface area contributed by atoms with Crippen molar-refractivity contribution in [2.75, 3.05) is 46.2 Å². The van der Waals surface area contributed by atoms with Gasteiger partial charge in [-0.2, -0.15) is 0 Å². The predicted octanol–water partition coefficient (Wildman–Crippen LogP) is 26.6. The Labute approximate surface area is 878 Å². The van der Waals surface area contributed by atoms with Gasteiger partial charge in [0, 0.05) is 50.4 Å². The molecule has 14 rings (SSSR count). The van der Waals surface area contributed by atoms with Crippen LogP contribution in [0.4, 0.5) is 8.78 Å². The summed E-state index contributed by atoms with van der Waals surface area (Å²) in [4.78, 5) is 22.4. The minimum atomic E-state index is -2.49. The molecule has 7 aromatic rings. The Morgan fingerprint density at radius 1 is 0.272 bits per heavy atom. The molecule has 7 fully saturated rings. The van der Waals surface area contributed by atoms with Gasteiger partial charge in [-0.15, -0.1) is 0 Å². The summed E-state index contributed by atoms with van der Waals surface area (Å²) >= 11 is 0. The number of carbonyl (C=O) groups excluding carboxylic acids is 2. The molecule has 7 aliphatic rings.